The summed E-state index contributed by atoms with van der Waals surface area (Å²) >= 11 is 3.39. The molecule has 0 spiro atoms. The summed E-state index contributed by atoms with van der Waals surface area (Å²) in [6, 6.07) is 11.4. The van der Waals surface area contributed by atoms with E-state index in [2.05, 4.69) is 31.1 Å². The van der Waals surface area contributed by atoms with Gasteiger partial charge in [0.05, 0.1) is 0 Å². The van der Waals surface area contributed by atoms with Gasteiger partial charge in [0.25, 0.3) is 5.89 Å². The number of rotatable bonds is 3. The van der Waals surface area contributed by atoms with Gasteiger partial charge in [-0.3, -0.25) is 4.98 Å². The van der Waals surface area contributed by atoms with Gasteiger partial charge in [-0.15, -0.1) is 0 Å². The lowest BCUT2D eigenvalue weighted by Gasteiger charge is -1.96. The van der Waals surface area contributed by atoms with Gasteiger partial charge in [0.15, 0.2) is 0 Å². The Bertz CT molecular complexity index is 707. The molecule has 2 N–H and O–H groups in total. The van der Waals surface area contributed by atoms with E-state index in [4.69, 9.17) is 10.3 Å². The van der Waals surface area contributed by atoms with Gasteiger partial charge in [-0.2, -0.15) is 4.98 Å². The standard InChI is InChI=1S/C14H11BrN4O/c15-11-4-2-10(3-5-11)13-18-14(20-19-13)12-6-1-9(7-16)8-17-12/h1-6,8H,7,16H2. The molecule has 0 bridgehead atoms. The molecule has 0 aliphatic heterocycles. The quantitative estimate of drug-likeness (QED) is 0.798. The Labute approximate surface area is 124 Å². The van der Waals surface area contributed by atoms with Crippen LogP contribution in [-0.4, -0.2) is 15.1 Å². The van der Waals surface area contributed by atoms with Crippen LogP contribution in [0.15, 0.2) is 51.6 Å². The van der Waals surface area contributed by atoms with Crippen molar-refractivity contribution in [1.82, 2.24) is 15.1 Å². The van der Waals surface area contributed by atoms with Gasteiger partial charge in [-0.25, -0.2) is 0 Å². The average Bonchev–Trinajstić information content (AvgIpc) is 2.98. The first kappa shape index (κ1) is 13.0. The summed E-state index contributed by atoms with van der Waals surface area (Å²) in [5, 5.41) is 3.97. The largest absolute Gasteiger partial charge is 0.332 e. The summed E-state index contributed by atoms with van der Waals surface area (Å²) in [4.78, 5) is 8.61. The van der Waals surface area contributed by atoms with Gasteiger partial charge in [-0.05, 0) is 35.9 Å². The van der Waals surface area contributed by atoms with Gasteiger partial charge in [0.2, 0.25) is 5.82 Å². The molecule has 0 saturated heterocycles. The first-order valence-corrected chi connectivity index (χ1v) is 6.80. The third-order valence-corrected chi connectivity index (χ3v) is 3.34. The minimum atomic E-state index is 0.395. The molecule has 0 aliphatic rings. The highest BCUT2D eigenvalue weighted by molar-refractivity contribution is 9.10. The molecule has 5 nitrogen and oxygen atoms in total. The van der Waals surface area contributed by atoms with Crippen molar-refractivity contribution >= 4 is 15.9 Å². The number of pyridine rings is 1. The molecule has 0 amide bonds. The van der Waals surface area contributed by atoms with Crippen molar-refractivity contribution in [3.63, 3.8) is 0 Å². The molecule has 2 heterocycles. The van der Waals surface area contributed by atoms with Crippen LogP contribution in [0.5, 0.6) is 0 Å². The van der Waals surface area contributed by atoms with Crippen molar-refractivity contribution in [2.24, 2.45) is 5.73 Å². The van der Waals surface area contributed by atoms with E-state index in [-0.39, 0.29) is 0 Å². The van der Waals surface area contributed by atoms with Crippen molar-refractivity contribution in [1.29, 1.82) is 0 Å². The Morgan fingerprint density at radius 3 is 2.55 bits per heavy atom. The van der Waals surface area contributed by atoms with Gasteiger partial charge < -0.3 is 10.3 Å². The topological polar surface area (TPSA) is 77.8 Å². The number of aromatic nitrogens is 3. The molecular formula is C14H11BrN4O. The van der Waals surface area contributed by atoms with Crippen LogP contribution in [0.3, 0.4) is 0 Å². The van der Waals surface area contributed by atoms with Gasteiger partial charge in [0, 0.05) is 22.8 Å². The summed E-state index contributed by atoms with van der Waals surface area (Å²) < 4.78 is 6.25. The predicted molar refractivity (Wildman–Crippen MR) is 78.6 cm³/mol. The Hall–Kier alpha value is -2.05. The van der Waals surface area contributed by atoms with Crippen LogP contribution in [0, 0.1) is 0 Å². The van der Waals surface area contributed by atoms with Crippen LogP contribution in [0.2, 0.25) is 0 Å². The van der Waals surface area contributed by atoms with Crippen LogP contribution in [0.1, 0.15) is 5.56 Å². The molecule has 0 radical (unpaired) electrons. The molecule has 0 atom stereocenters. The SMILES string of the molecule is NCc1ccc(-c2nc(-c3ccc(Br)cc3)no2)nc1. The maximum atomic E-state index is 5.54. The summed E-state index contributed by atoms with van der Waals surface area (Å²) in [6.45, 7) is 0.460. The van der Waals surface area contributed by atoms with Gasteiger partial charge in [-0.1, -0.05) is 27.2 Å². The zero-order chi connectivity index (χ0) is 13.9. The van der Waals surface area contributed by atoms with E-state index >= 15 is 0 Å². The minimum Gasteiger partial charge on any atom is -0.332 e. The highest BCUT2D eigenvalue weighted by Crippen LogP contribution is 2.22. The molecule has 2 aromatic heterocycles. The Morgan fingerprint density at radius 1 is 1.10 bits per heavy atom. The van der Waals surface area contributed by atoms with Crippen molar-refractivity contribution in [2.45, 2.75) is 6.54 Å². The normalized spacial score (nSPS) is 10.7. The van der Waals surface area contributed by atoms with E-state index in [9.17, 15) is 0 Å². The Balaban J connectivity index is 1.91. The predicted octanol–water partition coefficient (Wildman–Crippen LogP) is 3.02. The third-order valence-electron chi connectivity index (χ3n) is 2.81. The second-order valence-corrected chi connectivity index (χ2v) is 5.10. The number of benzene rings is 1. The number of hydrogen-bond donors (Lipinski definition) is 1. The Morgan fingerprint density at radius 2 is 1.90 bits per heavy atom. The van der Waals surface area contributed by atoms with E-state index in [0.29, 0.717) is 24.0 Å². The van der Waals surface area contributed by atoms with Crippen LogP contribution in [0.25, 0.3) is 23.0 Å². The minimum absolute atomic E-state index is 0.395. The molecule has 100 valence electrons. The van der Waals surface area contributed by atoms with Crippen LogP contribution in [0.4, 0.5) is 0 Å². The summed E-state index contributed by atoms with van der Waals surface area (Å²) in [6.07, 6.45) is 1.71. The fourth-order valence-corrected chi connectivity index (χ4v) is 1.98. The zero-order valence-corrected chi connectivity index (χ0v) is 12.0. The van der Waals surface area contributed by atoms with Crippen molar-refractivity contribution in [3.8, 4) is 23.0 Å². The lowest BCUT2D eigenvalue weighted by molar-refractivity contribution is 0.431. The molecule has 6 heteroatoms. The van der Waals surface area contributed by atoms with Crippen molar-refractivity contribution in [2.75, 3.05) is 0 Å². The molecule has 0 saturated carbocycles. The van der Waals surface area contributed by atoms with Gasteiger partial charge >= 0.3 is 0 Å². The lowest BCUT2D eigenvalue weighted by Crippen LogP contribution is -1.96. The zero-order valence-electron chi connectivity index (χ0n) is 10.5. The average molecular weight is 331 g/mol. The molecule has 0 aliphatic carbocycles. The number of nitrogens with two attached hydrogens (primary N) is 1. The molecule has 3 rings (SSSR count). The lowest BCUT2D eigenvalue weighted by atomic mass is 10.2. The number of hydrogen-bond acceptors (Lipinski definition) is 5. The molecule has 1 aromatic carbocycles. The molecule has 20 heavy (non-hydrogen) atoms. The van der Waals surface area contributed by atoms with E-state index in [1.807, 2.05) is 36.4 Å². The monoisotopic (exact) mass is 330 g/mol. The van der Waals surface area contributed by atoms with Gasteiger partial charge in [0.1, 0.15) is 5.69 Å². The first-order chi connectivity index (χ1) is 9.76. The summed E-state index contributed by atoms with van der Waals surface area (Å²) in [7, 11) is 0. The number of nitrogens with zero attached hydrogens (tertiary/aromatic N) is 3. The highest BCUT2D eigenvalue weighted by Gasteiger charge is 2.11. The molecule has 0 fully saturated rings. The molecule has 3 aromatic rings. The number of halogens is 1. The second-order valence-electron chi connectivity index (χ2n) is 4.19. The van der Waals surface area contributed by atoms with Crippen molar-refractivity contribution < 1.29 is 4.52 Å². The fourth-order valence-electron chi connectivity index (χ4n) is 1.72. The van der Waals surface area contributed by atoms with Crippen LogP contribution >= 0.6 is 15.9 Å². The van der Waals surface area contributed by atoms with Crippen LogP contribution in [-0.2, 0) is 6.54 Å². The summed E-state index contributed by atoms with van der Waals surface area (Å²) in [5.74, 6) is 0.934. The maximum Gasteiger partial charge on any atom is 0.276 e. The summed E-state index contributed by atoms with van der Waals surface area (Å²) in [5.41, 5.74) is 8.02. The van der Waals surface area contributed by atoms with E-state index in [1.54, 1.807) is 6.20 Å². The van der Waals surface area contributed by atoms with Crippen molar-refractivity contribution in [3.05, 3.63) is 52.6 Å². The van der Waals surface area contributed by atoms with E-state index < -0.39 is 0 Å². The molecule has 0 unspecified atom stereocenters. The maximum absolute atomic E-state index is 5.54. The second kappa shape index (κ2) is 5.52. The van der Waals surface area contributed by atoms with E-state index in [1.165, 1.54) is 0 Å². The Kier molecular flexibility index (Phi) is 3.58. The molecular weight excluding hydrogens is 320 g/mol. The first-order valence-electron chi connectivity index (χ1n) is 6.01. The third kappa shape index (κ3) is 2.61. The smallest absolute Gasteiger partial charge is 0.276 e. The van der Waals surface area contributed by atoms with Crippen LogP contribution < -0.4 is 5.73 Å². The van der Waals surface area contributed by atoms with E-state index in [0.717, 1.165) is 15.6 Å². The fraction of sp³-hybridized carbons (Fsp3) is 0.0714. The highest BCUT2D eigenvalue weighted by atomic mass is 79.9.